The van der Waals surface area contributed by atoms with Crippen LogP contribution in [0.4, 0.5) is 4.39 Å². The van der Waals surface area contributed by atoms with Crippen LogP contribution in [0.15, 0.2) is 47.8 Å². The lowest BCUT2D eigenvalue weighted by molar-refractivity contribution is 0.315. The molecule has 0 N–H and O–H groups in total. The number of hydrogen-bond acceptors (Lipinski definition) is 6. The summed E-state index contributed by atoms with van der Waals surface area (Å²) >= 11 is 0. The maximum Gasteiger partial charge on any atom is 0.334 e. The van der Waals surface area contributed by atoms with Crippen LogP contribution in [0.25, 0.3) is 38.9 Å². The molecule has 4 heterocycles. The average molecular weight is 470 g/mol. The van der Waals surface area contributed by atoms with Crippen LogP contribution >= 0.6 is 0 Å². The first-order valence-electron chi connectivity index (χ1n) is 11.0. The lowest BCUT2D eigenvalue weighted by Gasteiger charge is -2.21. The molecule has 5 aromatic rings. The van der Waals surface area contributed by atoms with Crippen LogP contribution in [0.3, 0.4) is 0 Å². The number of benzene rings is 1. The molecular weight excluding hydrogens is 448 g/mol. The minimum atomic E-state index is -0.674. The molecule has 0 aliphatic carbocycles. The standard InChI is InChI=1S/C22H22B3FN6O3/c1-30-10-11(7-29-30)13-5-14-16(6-18(13)34-3)27-9-17-19(14)32(21(33)31(17)2)20-15(26)4-12(8-28-20)35-22(23,24)25/h4-10H,23-25H2,1-3H3. The minimum Gasteiger partial charge on any atom is -0.512 e. The predicted octanol–water partition coefficient (Wildman–Crippen LogP) is -0.290. The van der Waals surface area contributed by atoms with E-state index in [-0.39, 0.29) is 11.6 Å². The molecule has 174 valence electrons. The molecule has 0 unspecified atom stereocenters. The predicted molar refractivity (Wildman–Crippen MR) is 139 cm³/mol. The van der Waals surface area contributed by atoms with E-state index >= 15 is 4.39 Å². The maximum atomic E-state index is 15.3. The molecule has 13 heteroatoms. The second kappa shape index (κ2) is 8.04. The van der Waals surface area contributed by atoms with Gasteiger partial charge < -0.3 is 9.47 Å². The van der Waals surface area contributed by atoms with Crippen molar-refractivity contribution in [2.45, 2.75) is 5.30 Å². The molecular formula is C22H22B3FN6O3. The quantitative estimate of drug-likeness (QED) is 0.329. The summed E-state index contributed by atoms with van der Waals surface area (Å²) < 4.78 is 31.1. The van der Waals surface area contributed by atoms with E-state index in [2.05, 4.69) is 15.1 Å². The van der Waals surface area contributed by atoms with Crippen molar-refractivity contribution >= 4 is 45.5 Å². The SMILES string of the molecule is BC(B)(B)Oc1cnc(-n2c(=O)n(C)c3cnc4cc(OC)c(-c5cnn(C)c5)cc4c32)c(F)c1. The van der Waals surface area contributed by atoms with Crippen LogP contribution in [-0.2, 0) is 14.1 Å². The van der Waals surface area contributed by atoms with Crippen molar-refractivity contribution in [2.24, 2.45) is 14.1 Å². The van der Waals surface area contributed by atoms with Gasteiger partial charge in [0.1, 0.15) is 35.0 Å². The van der Waals surface area contributed by atoms with Crippen molar-refractivity contribution in [1.29, 1.82) is 0 Å². The van der Waals surface area contributed by atoms with Gasteiger partial charge in [-0.2, -0.15) is 5.10 Å². The van der Waals surface area contributed by atoms with E-state index in [0.717, 1.165) is 11.1 Å². The van der Waals surface area contributed by atoms with Crippen LogP contribution in [0.1, 0.15) is 0 Å². The molecule has 0 aliphatic rings. The fourth-order valence-electron chi connectivity index (χ4n) is 4.16. The Bertz CT molecular complexity index is 1670. The lowest BCUT2D eigenvalue weighted by atomic mass is 9.52. The van der Waals surface area contributed by atoms with Gasteiger partial charge in [0.15, 0.2) is 11.6 Å². The lowest BCUT2D eigenvalue weighted by Crippen LogP contribution is -2.37. The second-order valence-electron chi connectivity index (χ2n) is 9.33. The molecule has 0 spiro atoms. The molecule has 0 atom stereocenters. The summed E-state index contributed by atoms with van der Waals surface area (Å²) in [5, 5.41) is 4.38. The summed E-state index contributed by atoms with van der Waals surface area (Å²) in [4.78, 5) is 22.1. The molecule has 9 nitrogen and oxygen atoms in total. The van der Waals surface area contributed by atoms with Gasteiger partial charge in [-0.3, -0.25) is 14.2 Å². The Kier molecular flexibility index (Phi) is 5.23. The largest absolute Gasteiger partial charge is 0.512 e. The highest BCUT2D eigenvalue weighted by Crippen LogP contribution is 2.36. The second-order valence-corrected chi connectivity index (χ2v) is 9.33. The Morgan fingerprint density at radius 2 is 1.83 bits per heavy atom. The first-order chi connectivity index (χ1) is 16.6. The highest BCUT2D eigenvalue weighted by molar-refractivity contribution is 6.58. The monoisotopic (exact) mass is 470 g/mol. The molecule has 35 heavy (non-hydrogen) atoms. The summed E-state index contributed by atoms with van der Waals surface area (Å²) in [6.45, 7) is 0. The van der Waals surface area contributed by atoms with E-state index in [0.29, 0.717) is 27.7 Å². The highest BCUT2D eigenvalue weighted by Gasteiger charge is 2.22. The summed E-state index contributed by atoms with van der Waals surface area (Å²) in [5.74, 6) is 0.0951. The topological polar surface area (TPSA) is 89.0 Å². The number of imidazole rings is 1. The van der Waals surface area contributed by atoms with Crippen molar-refractivity contribution in [3.8, 4) is 28.4 Å². The first-order valence-corrected chi connectivity index (χ1v) is 11.0. The van der Waals surface area contributed by atoms with Gasteiger partial charge in [0.2, 0.25) is 0 Å². The van der Waals surface area contributed by atoms with Crippen LogP contribution in [0, 0.1) is 5.82 Å². The number of hydrogen-bond donors (Lipinski definition) is 0. The number of fused-ring (bicyclic) bond motifs is 3. The van der Waals surface area contributed by atoms with Gasteiger partial charge in [-0.25, -0.2) is 18.7 Å². The van der Waals surface area contributed by atoms with E-state index in [1.807, 2.05) is 42.8 Å². The van der Waals surface area contributed by atoms with E-state index in [9.17, 15) is 4.79 Å². The third kappa shape index (κ3) is 3.86. The Balaban J connectivity index is 1.81. The molecule has 0 saturated carbocycles. The van der Waals surface area contributed by atoms with Crippen molar-refractivity contribution in [3.05, 3.63) is 59.3 Å². The molecule has 0 saturated heterocycles. The Morgan fingerprint density at radius 3 is 2.46 bits per heavy atom. The number of nitrogens with zero attached hydrogens (tertiary/aromatic N) is 6. The van der Waals surface area contributed by atoms with Crippen molar-refractivity contribution < 1.29 is 13.9 Å². The van der Waals surface area contributed by atoms with Crippen LogP contribution in [-0.4, -0.2) is 64.8 Å². The number of aryl methyl sites for hydroxylation is 2. The Morgan fingerprint density at radius 1 is 1.06 bits per heavy atom. The molecule has 0 amide bonds. The zero-order valence-corrected chi connectivity index (χ0v) is 20.3. The van der Waals surface area contributed by atoms with Gasteiger partial charge in [0, 0.05) is 54.2 Å². The fraction of sp³-hybridized carbons (Fsp3) is 0.182. The Labute approximate surface area is 202 Å². The van der Waals surface area contributed by atoms with Crippen molar-refractivity contribution in [3.63, 3.8) is 0 Å². The first kappa shape index (κ1) is 22.8. The highest BCUT2D eigenvalue weighted by atomic mass is 19.1. The summed E-state index contributed by atoms with van der Waals surface area (Å²) in [6, 6.07) is 4.92. The number of rotatable bonds is 5. The van der Waals surface area contributed by atoms with Gasteiger partial charge in [-0.1, -0.05) is 0 Å². The number of pyridine rings is 2. The third-order valence-corrected chi connectivity index (χ3v) is 5.65. The van der Waals surface area contributed by atoms with E-state index in [1.165, 1.54) is 21.4 Å². The summed E-state index contributed by atoms with van der Waals surface area (Å²) in [6.07, 6.45) is 6.60. The Hall–Kier alpha value is -4.02. The zero-order valence-electron chi connectivity index (χ0n) is 20.3. The van der Waals surface area contributed by atoms with Gasteiger partial charge in [-0.05, 0) is 6.07 Å². The summed E-state index contributed by atoms with van der Waals surface area (Å²) in [7, 11) is 10.6. The molecule has 0 bridgehead atoms. The molecule has 0 fully saturated rings. The van der Waals surface area contributed by atoms with E-state index in [4.69, 9.17) is 9.47 Å². The van der Waals surface area contributed by atoms with Gasteiger partial charge in [0.05, 0.1) is 42.3 Å². The molecule has 1 aromatic carbocycles. The molecule has 4 aromatic heterocycles. The summed E-state index contributed by atoms with van der Waals surface area (Å²) in [5.41, 5.74) is 2.79. The van der Waals surface area contributed by atoms with Gasteiger partial charge >= 0.3 is 5.69 Å². The average Bonchev–Trinajstić information content (AvgIpc) is 3.33. The third-order valence-electron chi connectivity index (χ3n) is 5.65. The molecule has 0 radical (unpaired) electrons. The number of halogens is 1. The van der Waals surface area contributed by atoms with Gasteiger partial charge in [-0.15, -0.1) is 0 Å². The normalized spacial score (nSPS) is 11.9. The zero-order chi connectivity index (χ0) is 25.1. The van der Waals surface area contributed by atoms with Crippen LogP contribution in [0.5, 0.6) is 11.5 Å². The minimum absolute atomic E-state index is 0.117. The van der Waals surface area contributed by atoms with Gasteiger partial charge in [0.25, 0.3) is 0 Å². The number of methoxy groups -OCH3 is 1. The van der Waals surface area contributed by atoms with Crippen molar-refractivity contribution in [1.82, 2.24) is 28.9 Å². The number of aromatic nitrogens is 6. The molecule has 5 rings (SSSR count). The smallest absolute Gasteiger partial charge is 0.334 e. The van der Waals surface area contributed by atoms with Crippen molar-refractivity contribution in [2.75, 3.05) is 7.11 Å². The van der Waals surface area contributed by atoms with Crippen LogP contribution in [0.2, 0.25) is 0 Å². The number of ether oxygens (including phenoxy) is 2. The fourth-order valence-corrected chi connectivity index (χ4v) is 4.16. The maximum absolute atomic E-state index is 15.3. The van der Waals surface area contributed by atoms with E-state index < -0.39 is 16.8 Å². The van der Waals surface area contributed by atoms with Crippen LogP contribution < -0.4 is 15.2 Å². The molecule has 0 aliphatic heterocycles. The van der Waals surface area contributed by atoms with E-state index in [1.54, 1.807) is 37.3 Å².